The minimum Gasteiger partial charge on any atom is -0.348 e. The van der Waals surface area contributed by atoms with E-state index in [1.54, 1.807) is 0 Å². The van der Waals surface area contributed by atoms with Crippen LogP contribution in [0, 0.1) is 5.92 Å². The van der Waals surface area contributed by atoms with Gasteiger partial charge >= 0.3 is 0 Å². The smallest absolute Gasteiger partial charge is 0.253 e. The van der Waals surface area contributed by atoms with E-state index < -0.39 is 0 Å². The molecule has 2 atom stereocenters. The van der Waals surface area contributed by atoms with Crippen molar-refractivity contribution >= 4 is 28.4 Å². The molecule has 39 heavy (non-hydrogen) atoms. The van der Waals surface area contributed by atoms with E-state index in [1.807, 2.05) is 36.5 Å². The van der Waals surface area contributed by atoms with Gasteiger partial charge in [-0.2, -0.15) is 0 Å². The lowest BCUT2D eigenvalue weighted by Crippen LogP contribution is -2.43. The predicted octanol–water partition coefficient (Wildman–Crippen LogP) is 7.49. The van der Waals surface area contributed by atoms with E-state index >= 15 is 0 Å². The lowest BCUT2D eigenvalue weighted by Gasteiger charge is -2.39. The van der Waals surface area contributed by atoms with E-state index in [4.69, 9.17) is 11.6 Å². The molecular formula is C34H38ClN3O. The minimum absolute atomic E-state index is 0.0551. The highest BCUT2D eigenvalue weighted by Gasteiger charge is 2.39. The molecule has 3 heterocycles. The number of nitrogens with zero attached hydrogens (tertiary/aromatic N) is 2. The Hall–Kier alpha value is -3.08. The Balaban J connectivity index is 1.05. The van der Waals surface area contributed by atoms with Gasteiger partial charge in [-0.15, -0.1) is 0 Å². The third-order valence-corrected chi connectivity index (χ3v) is 9.28. The van der Waals surface area contributed by atoms with Crippen LogP contribution in [0.2, 0.25) is 5.02 Å². The van der Waals surface area contributed by atoms with Crippen molar-refractivity contribution in [2.45, 2.75) is 70.1 Å². The van der Waals surface area contributed by atoms with E-state index in [9.17, 15) is 4.79 Å². The summed E-state index contributed by atoms with van der Waals surface area (Å²) in [7, 11) is 0. The van der Waals surface area contributed by atoms with Crippen LogP contribution >= 0.6 is 11.6 Å². The van der Waals surface area contributed by atoms with Crippen molar-refractivity contribution in [3.8, 4) is 0 Å². The molecule has 2 unspecified atom stereocenters. The summed E-state index contributed by atoms with van der Waals surface area (Å²) in [6, 6.07) is 28.4. The number of nitrogens with one attached hydrogen (secondary N) is 1. The molecule has 1 amide bonds. The first-order chi connectivity index (χ1) is 19.2. The van der Waals surface area contributed by atoms with Crippen LogP contribution in [-0.4, -0.2) is 34.0 Å². The van der Waals surface area contributed by atoms with Crippen LogP contribution in [0.15, 0.2) is 85.1 Å². The fraction of sp³-hybridized carbons (Fsp3) is 0.382. The van der Waals surface area contributed by atoms with Crippen molar-refractivity contribution in [1.82, 2.24) is 14.8 Å². The summed E-state index contributed by atoms with van der Waals surface area (Å²) in [4.78, 5) is 16.0. The van der Waals surface area contributed by atoms with Crippen LogP contribution in [0.3, 0.4) is 0 Å². The topological polar surface area (TPSA) is 37.3 Å². The van der Waals surface area contributed by atoms with Crippen LogP contribution in [0.1, 0.15) is 60.0 Å². The van der Waals surface area contributed by atoms with Crippen LogP contribution < -0.4 is 5.32 Å². The maximum absolute atomic E-state index is 13.2. The van der Waals surface area contributed by atoms with Gasteiger partial charge in [0.1, 0.15) is 0 Å². The number of carbonyl (C=O) groups excluding carboxylic acids is 1. The Morgan fingerprint density at radius 3 is 2.38 bits per heavy atom. The molecule has 2 saturated heterocycles. The average Bonchev–Trinajstić information content (AvgIpc) is 3.45. The number of aromatic nitrogens is 1. The number of piperidine rings is 1. The molecule has 1 aromatic heterocycles. The SMILES string of the molecule is O=C(NCc1ccccc1Cl)c1cn(CCCN2C3CCC2CC(CCc2ccccc2)C3)c2ccccc12. The van der Waals surface area contributed by atoms with Gasteiger partial charge < -0.3 is 9.88 Å². The first-order valence-electron chi connectivity index (χ1n) is 14.5. The molecule has 2 aliphatic heterocycles. The molecule has 2 aliphatic rings. The number of carbonyl (C=O) groups is 1. The van der Waals surface area contributed by atoms with Gasteiger partial charge in [0.25, 0.3) is 5.91 Å². The lowest BCUT2D eigenvalue weighted by molar-refractivity contribution is 0.0952. The quantitative estimate of drug-likeness (QED) is 0.227. The summed E-state index contributed by atoms with van der Waals surface area (Å²) < 4.78 is 2.27. The van der Waals surface area contributed by atoms with Gasteiger partial charge in [0.15, 0.2) is 0 Å². The summed E-state index contributed by atoms with van der Waals surface area (Å²) in [5, 5.41) is 4.75. The zero-order chi connectivity index (χ0) is 26.6. The summed E-state index contributed by atoms with van der Waals surface area (Å²) in [6.07, 6.45) is 11.1. The Morgan fingerprint density at radius 2 is 1.59 bits per heavy atom. The number of hydrogen-bond acceptors (Lipinski definition) is 2. The number of halogens is 1. The average molecular weight is 540 g/mol. The van der Waals surface area contributed by atoms with Crippen molar-refractivity contribution in [1.29, 1.82) is 0 Å². The molecule has 0 saturated carbocycles. The van der Waals surface area contributed by atoms with Crippen molar-refractivity contribution in [3.63, 3.8) is 0 Å². The first-order valence-corrected chi connectivity index (χ1v) is 14.9. The highest BCUT2D eigenvalue weighted by atomic mass is 35.5. The fourth-order valence-electron chi connectivity index (χ4n) is 6.95. The van der Waals surface area contributed by atoms with Gasteiger partial charge in [-0.25, -0.2) is 0 Å². The summed E-state index contributed by atoms with van der Waals surface area (Å²) in [5.74, 6) is 0.805. The number of amides is 1. The van der Waals surface area contributed by atoms with Crippen molar-refractivity contribution < 1.29 is 4.79 Å². The van der Waals surface area contributed by atoms with Gasteiger partial charge in [-0.1, -0.05) is 78.3 Å². The number of rotatable bonds is 10. The number of para-hydroxylation sites is 1. The molecule has 2 fully saturated rings. The van der Waals surface area contributed by atoms with Gasteiger partial charge in [0, 0.05) is 53.8 Å². The monoisotopic (exact) mass is 539 g/mol. The van der Waals surface area contributed by atoms with E-state index in [0.29, 0.717) is 11.6 Å². The van der Waals surface area contributed by atoms with E-state index in [1.165, 1.54) is 44.1 Å². The Bertz CT molecular complexity index is 1400. The van der Waals surface area contributed by atoms with E-state index in [2.05, 4.69) is 63.3 Å². The fourth-order valence-corrected chi connectivity index (χ4v) is 7.15. The Labute approximate surface area is 237 Å². The van der Waals surface area contributed by atoms with E-state index in [-0.39, 0.29) is 5.91 Å². The van der Waals surface area contributed by atoms with Gasteiger partial charge in [0.05, 0.1) is 5.56 Å². The van der Waals surface area contributed by atoms with Gasteiger partial charge in [0.2, 0.25) is 0 Å². The van der Waals surface area contributed by atoms with E-state index in [0.717, 1.165) is 59.5 Å². The third kappa shape index (κ3) is 5.92. The zero-order valence-corrected chi connectivity index (χ0v) is 23.3. The van der Waals surface area contributed by atoms with Gasteiger partial charge in [-0.05, 0) is 74.1 Å². The van der Waals surface area contributed by atoms with Gasteiger partial charge in [-0.3, -0.25) is 9.69 Å². The van der Waals surface area contributed by atoms with Crippen LogP contribution in [0.25, 0.3) is 10.9 Å². The van der Waals surface area contributed by atoms with Crippen LogP contribution in [0.4, 0.5) is 0 Å². The molecule has 4 nitrogen and oxygen atoms in total. The molecule has 6 rings (SSSR count). The first kappa shape index (κ1) is 26.2. The largest absolute Gasteiger partial charge is 0.348 e. The molecule has 0 spiro atoms. The maximum atomic E-state index is 13.2. The number of hydrogen-bond donors (Lipinski definition) is 1. The highest BCUT2D eigenvalue weighted by Crippen LogP contribution is 2.40. The summed E-state index contributed by atoms with van der Waals surface area (Å²) >= 11 is 6.29. The molecule has 0 aliphatic carbocycles. The lowest BCUT2D eigenvalue weighted by atomic mass is 9.86. The van der Waals surface area contributed by atoms with Crippen molar-refractivity contribution in [3.05, 3.63) is 107 Å². The number of aryl methyl sites for hydroxylation is 2. The molecule has 4 aromatic rings. The predicted molar refractivity (Wildman–Crippen MR) is 160 cm³/mol. The molecule has 0 radical (unpaired) electrons. The number of benzene rings is 3. The molecule has 3 aromatic carbocycles. The zero-order valence-electron chi connectivity index (χ0n) is 22.6. The molecule has 202 valence electrons. The second kappa shape index (κ2) is 12.0. The molecule has 5 heteroatoms. The minimum atomic E-state index is -0.0551. The normalized spacial score (nSPS) is 20.9. The molecule has 2 bridgehead atoms. The Kier molecular flexibility index (Phi) is 8.03. The second-order valence-corrected chi connectivity index (χ2v) is 11.8. The Morgan fingerprint density at radius 1 is 0.872 bits per heavy atom. The molecular weight excluding hydrogens is 502 g/mol. The van der Waals surface area contributed by atoms with Crippen molar-refractivity contribution in [2.24, 2.45) is 5.92 Å². The molecule has 1 N–H and O–H groups in total. The summed E-state index contributed by atoms with van der Waals surface area (Å²) in [5.41, 5.74) is 4.26. The highest BCUT2D eigenvalue weighted by molar-refractivity contribution is 6.31. The van der Waals surface area contributed by atoms with Crippen LogP contribution in [-0.2, 0) is 19.5 Å². The van der Waals surface area contributed by atoms with Crippen LogP contribution in [0.5, 0.6) is 0 Å². The second-order valence-electron chi connectivity index (χ2n) is 11.4. The maximum Gasteiger partial charge on any atom is 0.253 e. The number of fused-ring (bicyclic) bond motifs is 3. The summed E-state index contributed by atoms with van der Waals surface area (Å²) in [6.45, 7) is 2.48. The van der Waals surface area contributed by atoms with Crippen molar-refractivity contribution in [2.75, 3.05) is 6.54 Å². The third-order valence-electron chi connectivity index (χ3n) is 8.91. The standard InChI is InChI=1S/C34H38ClN3O/c35-32-13-6-4-11-27(32)23-36-34(39)31-24-37(33-14-7-5-12-30(31)33)19-8-20-38-28-17-18-29(38)22-26(21-28)16-15-25-9-2-1-3-10-25/h1-7,9-14,24,26,28-29H,8,15-23H2,(H,36,39).